The first kappa shape index (κ1) is 14.9. The summed E-state index contributed by atoms with van der Waals surface area (Å²) in [5, 5.41) is 6.65. The third-order valence-electron chi connectivity index (χ3n) is 4.45. The summed E-state index contributed by atoms with van der Waals surface area (Å²) in [6.45, 7) is 1.55. The van der Waals surface area contributed by atoms with E-state index in [1.807, 2.05) is 0 Å². The molecular weight excluding hydrogens is 286 g/mol. The van der Waals surface area contributed by atoms with E-state index in [4.69, 9.17) is 10.5 Å². The topological polar surface area (TPSA) is 77.2 Å². The predicted molar refractivity (Wildman–Crippen MR) is 81.8 cm³/mol. The Morgan fingerprint density at radius 1 is 1.38 bits per heavy atom. The largest absolute Gasteiger partial charge is 0.371 e. The van der Waals surface area contributed by atoms with Gasteiger partial charge in [0.05, 0.1) is 11.6 Å². The van der Waals surface area contributed by atoms with Gasteiger partial charge in [-0.05, 0) is 25.7 Å². The molecule has 1 aromatic rings. The highest BCUT2D eigenvalue weighted by molar-refractivity contribution is 7.09. The van der Waals surface area contributed by atoms with E-state index < -0.39 is 0 Å². The molecule has 0 bridgehead atoms. The lowest BCUT2D eigenvalue weighted by molar-refractivity contribution is -0.123. The minimum atomic E-state index is -0.175. The first-order chi connectivity index (χ1) is 10.2. The number of primary amides is 1. The molecule has 0 spiro atoms. The van der Waals surface area contributed by atoms with E-state index in [9.17, 15) is 4.79 Å². The van der Waals surface area contributed by atoms with E-state index >= 15 is 0 Å². The average molecular weight is 309 g/mol. The van der Waals surface area contributed by atoms with Gasteiger partial charge >= 0.3 is 0 Å². The Balaban J connectivity index is 1.55. The smallest absolute Gasteiger partial charge is 0.222 e. The maximum Gasteiger partial charge on any atom is 0.222 e. The first-order valence-electron chi connectivity index (χ1n) is 7.82. The van der Waals surface area contributed by atoms with E-state index in [0.29, 0.717) is 6.54 Å². The van der Waals surface area contributed by atoms with Crippen molar-refractivity contribution in [2.24, 2.45) is 11.7 Å². The quantitative estimate of drug-likeness (QED) is 0.873. The van der Waals surface area contributed by atoms with Crippen molar-refractivity contribution in [1.82, 2.24) is 10.3 Å². The molecule has 2 fully saturated rings. The van der Waals surface area contributed by atoms with E-state index in [2.05, 4.69) is 15.7 Å². The molecule has 21 heavy (non-hydrogen) atoms. The summed E-state index contributed by atoms with van der Waals surface area (Å²) in [7, 11) is 0. The van der Waals surface area contributed by atoms with E-state index in [1.54, 1.807) is 11.3 Å². The molecule has 2 heterocycles. The van der Waals surface area contributed by atoms with Crippen LogP contribution in [0.5, 0.6) is 0 Å². The number of nitrogens with one attached hydrogen (secondary N) is 1. The minimum Gasteiger partial charge on any atom is -0.371 e. The van der Waals surface area contributed by atoms with Crippen molar-refractivity contribution in [2.75, 3.05) is 6.61 Å². The second kappa shape index (κ2) is 6.85. The van der Waals surface area contributed by atoms with Gasteiger partial charge in [-0.2, -0.15) is 0 Å². The van der Waals surface area contributed by atoms with Gasteiger partial charge in [-0.25, -0.2) is 4.98 Å². The summed E-state index contributed by atoms with van der Waals surface area (Å²) < 4.78 is 5.66. The van der Waals surface area contributed by atoms with Gasteiger partial charge in [0.25, 0.3) is 0 Å². The Morgan fingerprint density at radius 2 is 2.24 bits per heavy atom. The summed E-state index contributed by atoms with van der Waals surface area (Å²) in [4.78, 5) is 16.2. The lowest BCUT2D eigenvalue weighted by Crippen LogP contribution is -2.44. The molecule has 1 saturated heterocycles. The molecule has 3 N–H and O–H groups in total. The molecule has 1 aromatic heterocycles. The zero-order chi connectivity index (χ0) is 14.7. The van der Waals surface area contributed by atoms with Crippen LogP contribution in [0.1, 0.15) is 55.3 Å². The number of nitrogens with zero attached hydrogens (tertiary/aromatic N) is 1. The molecular formula is C15H23N3O2S. The summed E-state index contributed by atoms with van der Waals surface area (Å²) in [5.74, 6) is -0.208. The molecule has 1 amide bonds. The molecule has 6 heteroatoms. The maximum absolute atomic E-state index is 11.5. The van der Waals surface area contributed by atoms with Crippen molar-refractivity contribution < 1.29 is 9.53 Å². The third-order valence-corrected chi connectivity index (χ3v) is 5.44. The van der Waals surface area contributed by atoms with Gasteiger partial charge in [-0.3, -0.25) is 4.79 Å². The predicted octanol–water partition coefficient (Wildman–Crippen LogP) is 2.13. The monoisotopic (exact) mass is 309 g/mol. The molecule has 5 nitrogen and oxygen atoms in total. The van der Waals surface area contributed by atoms with Crippen LogP contribution < -0.4 is 11.1 Å². The van der Waals surface area contributed by atoms with Crippen LogP contribution in [-0.4, -0.2) is 23.5 Å². The molecule has 1 aliphatic heterocycles. The minimum absolute atomic E-state index is 0.0324. The van der Waals surface area contributed by atoms with Crippen molar-refractivity contribution in [2.45, 2.75) is 57.2 Å². The molecule has 1 aliphatic carbocycles. The van der Waals surface area contributed by atoms with Crippen LogP contribution in [0.3, 0.4) is 0 Å². The van der Waals surface area contributed by atoms with Crippen LogP contribution >= 0.6 is 11.3 Å². The van der Waals surface area contributed by atoms with Gasteiger partial charge in [0, 0.05) is 24.6 Å². The lowest BCUT2D eigenvalue weighted by atomic mass is 9.84. The van der Waals surface area contributed by atoms with Crippen molar-refractivity contribution in [3.8, 4) is 0 Å². The molecule has 3 rings (SSSR count). The van der Waals surface area contributed by atoms with Crippen LogP contribution in [0, 0.1) is 5.92 Å². The molecule has 116 valence electrons. The van der Waals surface area contributed by atoms with E-state index in [-0.39, 0.29) is 24.0 Å². The molecule has 1 saturated carbocycles. The number of thiazole rings is 1. The molecule has 0 radical (unpaired) electrons. The standard InChI is InChI=1S/C15H23N3O2S/c16-14(19)11-4-1-2-5-12(11)17-8-10-9-21-15(18-10)13-6-3-7-20-13/h9,11-13,17H,1-8H2,(H2,16,19)/t11-,12-,13-/m1/s1. The van der Waals surface area contributed by atoms with Gasteiger partial charge in [-0.15, -0.1) is 11.3 Å². The highest BCUT2D eigenvalue weighted by Crippen LogP contribution is 2.31. The van der Waals surface area contributed by atoms with Crippen LogP contribution in [0.25, 0.3) is 0 Å². The Kier molecular flexibility index (Phi) is 4.87. The van der Waals surface area contributed by atoms with Gasteiger partial charge < -0.3 is 15.8 Å². The Hall–Kier alpha value is -0.980. The zero-order valence-corrected chi connectivity index (χ0v) is 13.0. The normalized spacial score (nSPS) is 29.6. The molecule has 3 atom stereocenters. The van der Waals surface area contributed by atoms with Crippen molar-refractivity contribution in [3.63, 3.8) is 0 Å². The maximum atomic E-state index is 11.5. The number of nitrogens with two attached hydrogens (primary N) is 1. The van der Waals surface area contributed by atoms with Crippen molar-refractivity contribution in [1.29, 1.82) is 0 Å². The molecule has 2 aliphatic rings. The van der Waals surface area contributed by atoms with Crippen molar-refractivity contribution >= 4 is 17.2 Å². The van der Waals surface area contributed by atoms with E-state index in [0.717, 1.165) is 49.4 Å². The number of amides is 1. The fourth-order valence-corrected chi connectivity index (χ4v) is 4.18. The fourth-order valence-electron chi connectivity index (χ4n) is 3.28. The van der Waals surface area contributed by atoms with Crippen LogP contribution in [0.4, 0.5) is 0 Å². The number of hydrogen-bond acceptors (Lipinski definition) is 5. The van der Waals surface area contributed by atoms with E-state index in [1.165, 1.54) is 6.42 Å². The summed E-state index contributed by atoms with van der Waals surface area (Å²) in [6.07, 6.45) is 6.59. The highest BCUT2D eigenvalue weighted by atomic mass is 32.1. The number of hydrogen-bond donors (Lipinski definition) is 2. The second-order valence-electron chi connectivity index (χ2n) is 5.96. The average Bonchev–Trinajstić information content (AvgIpc) is 3.16. The first-order valence-corrected chi connectivity index (χ1v) is 8.70. The van der Waals surface area contributed by atoms with Crippen LogP contribution in [0.2, 0.25) is 0 Å². The molecule has 0 unspecified atom stereocenters. The number of rotatable bonds is 5. The molecule has 0 aromatic carbocycles. The van der Waals surface area contributed by atoms with Gasteiger partial charge in [0.1, 0.15) is 11.1 Å². The van der Waals surface area contributed by atoms with Gasteiger partial charge in [0.15, 0.2) is 0 Å². The third kappa shape index (κ3) is 3.62. The fraction of sp³-hybridized carbons (Fsp3) is 0.733. The summed E-state index contributed by atoms with van der Waals surface area (Å²) >= 11 is 1.67. The second-order valence-corrected chi connectivity index (χ2v) is 6.85. The van der Waals surface area contributed by atoms with Crippen molar-refractivity contribution in [3.05, 3.63) is 16.1 Å². The lowest BCUT2D eigenvalue weighted by Gasteiger charge is -2.29. The number of carbonyl (C=O) groups excluding carboxylic acids is 1. The number of ether oxygens (including phenoxy) is 1. The van der Waals surface area contributed by atoms with Crippen LogP contribution in [-0.2, 0) is 16.1 Å². The SMILES string of the molecule is NC(=O)[C@@H]1CCCC[C@H]1NCc1csc([C@H]2CCCO2)n1. The van der Waals surface area contributed by atoms with Gasteiger partial charge in [0.2, 0.25) is 5.91 Å². The Morgan fingerprint density at radius 3 is 3.00 bits per heavy atom. The number of aromatic nitrogens is 1. The Labute approximate surface area is 129 Å². The summed E-state index contributed by atoms with van der Waals surface area (Å²) in [5.41, 5.74) is 6.55. The van der Waals surface area contributed by atoms with Gasteiger partial charge in [-0.1, -0.05) is 12.8 Å². The van der Waals surface area contributed by atoms with Crippen LogP contribution in [0.15, 0.2) is 5.38 Å². The Bertz CT molecular complexity index is 485. The summed E-state index contributed by atoms with van der Waals surface area (Å²) in [6, 6.07) is 0.198. The highest BCUT2D eigenvalue weighted by Gasteiger charge is 2.29. The number of carbonyl (C=O) groups is 1. The zero-order valence-electron chi connectivity index (χ0n) is 12.2.